The molecule has 0 aliphatic heterocycles. The minimum absolute atomic E-state index is 0.103. The number of pyridine rings is 1. The Balaban J connectivity index is 2.64. The topological polar surface area (TPSA) is 38.9 Å². The number of nitrogens with two attached hydrogens (primary N) is 1. The molecule has 0 saturated heterocycles. The zero-order valence-corrected chi connectivity index (χ0v) is 10.6. The second-order valence-corrected chi connectivity index (χ2v) is 5.29. The quantitative estimate of drug-likeness (QED) is 0.754. The summed E-state index contributed by atoms with van der Waals surface area (Å²) >= 11 is 0. The Kier molecular flexibility index (Phi) is 2.88. The fraction of sp³-hybridized carbons (Fsp3) is 0.267. The Bertz CT molecular complexity index is 510. The maximum absolute atomic E-state index is 5.89. The van der Waals surface area contributed by atoms with Crippen LogP contribution in [0.5, 0.6) is 0 Å². The molecule has 2 N–H and O–H groups in total. The van der Waals surface area contributed by atoms with Gasteiger partial charge < -0.3 is 5.73 Å². The molecule has 1 aromatic heterocycles. The van der Waals surface area contributed by atoms with Crippen molar-refractivity contribution in [2.75, 3.05) is 5.73 Å². The summed E-state index contributed by atoms with van der Waals surface area (Å²) in [6, 6.07) is 10.2. The Hall–Kier alpha value is -1.83. The number of hydrogen-bond donors (Lipinski definition) is 1. The van der Waals surface area contributed by atoms with Gasteiger partial charge in [-0.25, -0.2) is 0 Å². The average molecular weight is 226 g/mol. The van der Waals surface area contributed by atoms with Crippen molar-refractivity contribution < 1.29 is 0 Å². The molecule has 17 heavy (non-hydrogen) atoms. The molecule has 1 aromatic carbocycles. The monoisotopic (exact) mass is 226 g/mol. The first kappa shape index (κ1) is 11.6. The molecule has 0 radical (unpaired) electrons. The number of nitrogens with zero attached hydrogens (tertiary/aromatic N) is 1. The van der Waals surface area contributed by atoms with Crippen molar-refractivity contribution in [1.29, 1.82) is 0 Å². The lowest BCUT2D eigenvalue weighted by atomic mass is 9.82. The van der Waals surface area contributed by atoms with Crippen molar-refractivity contribution in [3.63, 3.8) is 0 Å². The van der Waals surface area contributed by atoms with E-state index in [1.807, 2.05) is 36.7 Å². The molecule has 0 aliphatic rings. The van der Waals surface area contributed by atoms with Gasteiger partial charge in [0, 0.05) is 18.1 Å². The minimum Gasteiger partial charge on any atom is -0.399 e. The molecule has 0 spiro atoms. The largest absolute Gasteiger partial charge is 0.399 e. The number of aromatic nitrogens is 1. The van der Waals surface area contributed by atoms with E-state index in [2.05, 4.69) is 31.8 Å². The van der Waals surface area contributed by atoms with Crippen LogP contribution in [0.25, 0.3) is 11.1 Å². The van der Waals surface area contributed by atoms with E-state index >= 15 is 0 Å². The summed E-state index contributed by atoms with van der Waals surface area (Å²) in [6.45, 7) is 6.63. The second kappa shape index (κ2) is 4.21. The maximum Gasteiger partial charge on any atom is 0.0320 e. The summed E-state index contributed by atoms with van der Waals surface area (Å²) in [4.78, 5) is 4.05. The number of hydrogen-bond acceptors (Lipinski definition) is 2. The molecule has 2 heteroatoms. The van der Waals surface area contributed by atoms with E-state index in [1.165, 1.54) is 11.1 Å². The Labute approximate surface area is 103 Å². The molecular formula is C15H18N2. The highest BCUT2D eigenvalue weighted by atomic mass is 14.6. The van der Waals surface area contributed by atoms with E-state index in [-0.39, 0.29) is 5.41 Å². The molecule has 2 rings (SSSR count). The molecule has 0 saturated carbocycles. The summed E-state index contributed by atoms with van der Waals surface area (Å²) in [5.74, 6) is 0. The molecule has 0 atom stereocenters. The molecule has 2 aromatic rings. The molecule has 1 heterocycles. The summed E-state index contributed by atoms with van der Waals surface area (Å²) in [7, 11) is 0. The molecule has 88 valence electrons. The van der Waals surface area contributed by atoms with E-state index in [1.54, 1.807) is 0 Å². The van der Waals surface area contributed by atoms with Gasteiger partial charge in [0.2, 0.25) is 0 Å². The van der Waals surface area contributed by atoms with Gasteiger partial charge in [-0.05, 0) is 46.4 Å². The first-order chi connectivity index (χ1) is 7.98. The van der Waals surface area contributed by atoms with Crippen LogP contribution in [0, 0.1) is 0 Å². The van der Waals surface area contributed by atoms with E-state index in [0.717, 1.165) is 11.3 Å². The molecule has 0 aliphatic carbocycles. The Morgan fingerprint density at radius 1 is 1.00 bits per heavy atom. The lowest BCUT2D eigenvalue weighted by Crippen LogP contribution is -2.13. The van der Waals surface area contributed by atoms with Crippen LogP contribution in [0.4, 0.5) is 5.69 Å². The van der Waals surface area contributed by atoms with Crippen LogP contribution in [-0.2, 0) is 5.41 Å². The smallest absolute Gasteiger partial charge is 0.0320 e. The predicted molar refractivity (Wildman–Crippen MR) is 72.8 cm³/mol. The van der Waals surface area contributed by atoms with Gasteiger partial charge in [-0.3, -0.25) is 4.98 Å². The van der Waals surface area contributed by atoms with Gasteiger partial charge in [0.1, 0.15) is 0 Å². The van der Waals surface area contributed by atoms with Crippen molar-refractivity contribution in [3.05, 3.63) is 48.3 Å². The molecular weight excluding hydrogens is 208 g/mol. The maximum atomic E-state index is 5.89. The summed E-state index contributed by atoms with van der Waals surface area (Å²) in [6.07, 6.45) is 3.62. The standard InChI is InChI=1S/C15H18N2/c1-15(2,3)14-5-4-12(16)10-13(14)11-6-8-17-9-7-11/h4-10H,16H2,1-3H3. The van der Waals surface area contributed by atoms with Gasteiger partial charge in [-0.1, -0.05) is 26.8 Å². The predicted octanol–water partition coefficient (Wildman–Crippen LogP) is 3.63. The van der Waals surface area contributed by atoms with Gasteiger partial charge in [0.05, 0.1) is 0 Å². The van der Waals surface area contributed by atoms with Crippen LogP contribution >= 0.6 is 0 Å². The summed E-state index contributed by atoms with van der Waals surface area (Å²) in [5, 5.41) is 0. The van der Waals surface area contributed by atoms with Crippen LogP contribution < -0.4 is 5.73 Å². The number of rotatable bonds is 1. The van der Waals surface area contributed by atoms with Crippen LogP contribution in [0.2, 0.25) is 0 Å². The highest BCUT2D eigenvalue weighted by Crippen LogP contribution is 2.33. The fourth-order valence-electron chi connectivity index (χ4n) is 1.99. The third kappa shape index (κ3) is 2.47. The minimum atomic E-state index is 0.103. The van der Waals surface area contributed by atoms with E-state index < -0.39 is 0 Å². The zero-order chi connectivity index (χ0) is 12.5. The van der Waals surface area contributed by atoms with Gasteiger partial charge in [0.15, 0.2) is 0 Å². The highest BCUT2D eigenvalue weighted by Gasteiger charge is 2.18. The Morgan fingerprint density at radius 2 is 1.65 bits per heavy atom. The third-order valence-corrected chi connectivity index (χ3v) is 2.84. The van der Waals surface area contributed by atoms with Crippen molar-refractivity contribution in [1.82, 2.24) is 4.98 Å². The van der Waals surface area contributed by atoms with Crippen molar-refractivity contribution in [3.8, 4) is 11.1 Å². The van der Waals surface area contributed by atoms with Crippen LogP contribution in [0.1, 0.15) is 26.3 Å². The zero-order valence-electron chi connectivity index (χ0n) is 10.6. The van der Waals surface area contributed by atoms with Crippen LogP contribution in [0.15, 0.2) is 42.7 Å². The number of anilines is 1. The molecule has 2 nitrogen and oxygen atoms in total. The second-order valence-electron chi connectivity index (χ2n) is 5.29. The molecule has 0 bridgehead atoms. The third-order valence-electron chi connectivity index (χ3n) is 2.84. The fourth-order valence-corrected chi connectivity index (χ4v) is 1.99. The normalized spacial score (nSPS) is 11.5. The SMILES string of the molecule is CC(C)(C)c1ccc(N)cc1-c1ccncc1. The molecule has 0 amide bonds. The van der Waals surface area contributed by atoms with E-state index in [4.69, 9.17) is 5.73 Å². The highest BCUT2D eigenvalue weighted by molar-refractivity contribution is 5.71. The number of nitrogen functional groups attached to an aromatic ring is 1. The average Bonchev–Trinajstić information content (AvgIpc) is 2.28. The lowest BCUT2D eigenvalue weighted by Gasteiger charge is -2.23. The summed E-state index contributed by atoms with van der Waals surface area (Å²) in [5.41, 5.74) is 10.5. The van der Waals surface area contributed by atoms with Crippen LogP contribution in [0.3, 0.4) is 0 Å². The van der Waals surface area contributed by atoms with Crippen molar-refractivity contribution in [2.24, 2.45) is 0 Å². The van der Waals surface area contributed by atoms with Crippen molar-refractivity contribution in [2.45, 2.75) is 26.2 Å². The van der Waals surface area contributed by atoms with Gasteiger partial charge in [0.25, 0.3) is 0 Å². The van der Waals surface area contributed by atoms with Gasteiger partial charge in [-0.15, -0.1) is 0 Å². The van der Waals surface area contributed by atoms with Gasteiger partial charge >= 0.3 is 0 Å². The van der Waals surface area contributed by atoms with Crippen LogP contribution in [-0.4, -0.2) is 4.98 Å². The first-order valence-corrected chi connectivity index (χ1v) is 5.79. The van der Waals surface area contributed by atoms with Gasteiger partial charge in [-0.2, -0.15) is 0 Å². The Morgan fingerprint density at radius 3 is 2.24 bits per heavy atom. The first-order valence-electron chi connectivity index (χ1n) is 5.79. The molecule has 0 fully saturated rings. The molecule has 0 unspecified atom stereocenters. The lowest BCUT2D eigenvalue weighted by molar-refractivity contribution is 0.592. The summed E-state index contributed by atoms with van der Waals surface area (Å²) < 4.78 is 0. The van der Waals surface area contributed by atoms with E-state index in [0.29, 0.717) is 0 Å². The van der Waals surface area contributed by atoms with E-state index in [9.17, 15) is 0 Å². The van der Waals surface area contributed by atoms with Crippen molar-refractivity contribution >= 4 is 5.69 Å². The number of benzene rings is 1.